The molecule has 6 rings (SSSR count). The molecule has 0 fully saturated rings. The first-order chi connectivity index (χ1) is 19.4. The Hall–Kier alpha value is -4.63. The van der Waals surface area contributed by atoms with Gasteiger partial charge < -0.3 is 18.6 Å². The van der Waals surface area contributed by atoms with Crippen LogP contribution in [0.5, 0.6) is 16.7 Å². The Bertz CT molecular complexity index is 1830. The molecule has 0 unspecified atom stereocenters. The maximum atomic E-state index is 13.0. The first kappa shape index (κ1) is 25.6. The summed E-state index contributed by atoms with van der Waals surface area (Å²) in [6, 6.07) is 19.5. The molecule has 40 heavy (non-hydrogen) atoms. The SMILES string of the molecule is COc1cc(OCc2cccc(CC(=O)c3cc(C)ccc3C)c2)c2cc(-c3cn4nc(OC)sc4n3)oc2c1. The monoisotopic (exact) mass is 553 g/mol. The van der Waals surface area contributed by atoms with Gasteiger partial charge in [0.05, 0.1) is 25.8 Å². The number of carbonyl (C=O) groups is 1. The Morgan fingerprint density at radius 3 is 2.65 bits per heavy atom. The van der Waals surface area contributed by atoms with Crippen molar-refractivity contribution < 1.29 is 23.4 Å². The lowest BCUT2D eigenvalue weighted by atomic mass is 9.97. The number of ether oxygens (including phenoxy) is 3. The maximum Gasteiger partial charge on any atom is 0.294 e. The third-order valence-electron chi connectivity index (χ3n) is 6.70. The first-order valence-corrected chi connectivity index (χ1v) is 13.5. The van der Waals surface area contributed by atoms with Gasteiger partial charge in [-0.25, -0.2) is 9.50 Å². The number of Topliss-reactive ketones (excluding diaryl/α,β-unsaturated/α-hetero) is 1. The minimum Gasteiger partial charge on any atom is -0.496 e. The number of nitrogens with zero attached hydrogens (tertiary/aromatic N) is 3. The average Bonchev–Trinajstić information content (AvgIpc) is 3.66. The summed E-state index contributed by atoms with van der Waals surface area (Å²) >= 11 is 1.35. The number of imidazole rings is 1. The van der Waals surface area contributed by atoms with E-state index in [1.165, 1.54) is 11.3 Å². The van der Waals surface area contributed by atoms with Gasteiger partial charge in [-0.1, -0.05) is 42.0 Å². The van der Waals surface area contributed by atoms with Crippen LogP contribution in [-0.2, 0) is 13.0 Å². The van der Waals surface area contributed by atoms with Crippen LogP contribution in [0, 0.1) is 13.8 Å². The standard InChI is InChI=1S/C31H27N3O5S/c1-18-8-9-19(2)23(10-18)26(35)12-20-6-5-7-21(11-20)17-38-27-13-22(36-3)14-28-24(27)15-29(39-28)25-16-34-30(32-25)40-31(33-34)37-4/h5-11,13-16H,12,17H2,1-4H3. The van der Waals surface area contributed by atoms with Crippen molar-refractivity contribution in [1.82, 2.24) is 14.6 Å². The number of aromatic nitrogens is 3. The summed E-state index contributed by atoms with van der Waals surface area (Å²) in [5.74, 6) is 1.94. The Morgan fingerprint density at radius 1 is 1.00 bits per heavy atom. The third-order valence-corrected chi connectivity index (χ3v) is 7.59. The predicted molar refractivity (Wildman–Crippen MR) is 154 cm³/mol. The van der Waals surface area contributed by atoms with E-state index in [0.717, 1.165) is 33.2 Å². The van der Waals surface area contributed by atoms with Gasteiger partial charge in [-0.2, -0.15) is 0 Å². The van der Waals surface area contributed by atoms with E-state index in [9.17, 15) is 4.79 Å². The molecule has 0 saturated heterocycles. The molecule has 0 aliphatic rings. The summed E-state index contributed by atoms with van der Waals surface area (Å²) in [5.41, 5.74) is 6.01. The van der Waals surface area contributed by atoms with Gasteiger partial charge in [-0.15, -0.1) is 5.10 Å². The molecule has 0 radical (unpaired) electrons. The fourth-order valence-corrected chi connectivity index (χ4v) is 5.34. The lowest BCUT2D eigenvalue weighted by molar-refractivity contribution is 0.0992. The number of ketones is 1. The van der Waals surface area contributed by atoms with Crippen molar-refractivity contribution >= 4 is 33.1 Å². The highest BCUT2D eigenvalue weighted by atomic mass is 32.1. The third kappa shape index (κ3) is 5.03. The molecule has 0 spiro atoms. The Balaban J connectivity index is 1.23. The molecule has 8 nitrogen and oxygen atoms in total. The van der Waals surface area contributed by atoms with Gasteiger partial charge in [-0.3, -0.25) is 4.79 Å². The molecule has 9 heteroatoms. The van der Waals surface area contributed by atoms with Gasteiger partial charge in [0.2, 0.25) is 4.96 Å². The number of aryl methyl sites for hydroxylation is 2. The summed E-state index contributed by atoms with van der Waals surface area (Å²) in [6.07, 6.45) is 2.13. The van der Waals surface area contributed by atoms with Crippen molar-refractivity contribution in [1.29, 1.82) is 0 Å². The van der Waals surface area contributed by atoms with Crippen LogP contribution in [-0.4, -0.2) is 34.6 Å². The second kappa shape index (κ2) is 10.5. The van der Waals surface area contributed by atoms with E-state index in [4.69, 9.17) is 18.6 Å². The lowest BCUT2D eigenvalue weighted by Gasteiger charge is -2.11. The van der Waals surface area contributed by atoms with E-state index in [2.05, 4.69) is 10.1 Å². The number of benzene rings is 3. The van der Waals surface area contributed by atoms with Crippen molar-refractivity contribution in [2.24, 2.45) is 0 Å². The van der Waals surface area contributed by atoms with E-state index < -0.39 is 0 Å². The molecular formula is C31H27N3O5S. The number of methoxy groups -OCH3 is 2. The molecule has 0 N–H and O–H groups in total. The van der Waals surface area contributed by atoms with Gasteiger partial charge in [-0.05, 0) is 54.0 Å². The Kier molecular flexibility index (Phi) is 6.73. The Morgan fingerprint density at radius 2 is 1.85 bits per heavy atom. The van der Waals surface area contributed by atoms with Crippen LogP contribution in [0.1, 0.15) is 32.6 Å². The quantitative estimate of drug-likeness (QED) is 0.181. The number of rotatable bonds is 9. The number of furan rings is 1. The smallest absolute Gasteiger partial charge is 0.294 e. The van der Waals surface area contributed by atoms with Gasteiger partial charge in [0.15, 0.2) is 11.5 Å². The van der Waals surface area contributed by atoms with Crippen LogP contribution in [0.3, 0.4) is 0 Å². The van der Waals surface area contributed by atoms with Crippen molar-refractivity contribution in [2.45, 2.75) is 26.9 Å². The highest BCUT2D eigenvalue weighted by Gasteiger charge is 2.17. The zero-order chi connectivity index (χ0) is 27.8. The largest absolute Gasteiger partial charge is 0.496 e. The maximum absolute atomic E-state index is 13.0. The number of carbonyl (C=O) groups excluding carboxylic acids is 1. The molecule has 0 aliphatic heterocycles. The lowest BCUT2D eigenvalue weighted by Crippen LogP contribution is -2.07. The van der Waals surface area contributed by atoms with Gasteiger partial charge in [0.25, 0.3) is 5.19 Å². The molecule has 3 heterocycles. The van der Waals surface area contributed by atoms with Crippen LogP contribution in [0.2, 0.25) is 0 Å². The van der Waals surface area contributed by atoms with E-state index in [0.29, 0.717) is 51.7 Å². The Labute approximate surface area is 234 Å². The zero-order valence-corrected chi connectivity index (χ0v) is 23.4. The molecule has 0 aliphatic carbocycles. The minimum absolute atomic E-state index is 0.104. The zero-order valence-electron chi connectivity index (χ0n) is 22.6. The topological polar surface area (TPSA) is 88.1 Å². The summed E-state index contributed by atoms with van der Waals surface area (Å²) in [7, 11) is 3.18. The highest BCUT2D eigenvalue weighted by Crippen LogP contribution is 2.37. The second-order valence-corrected chi connectivity index (χ2v) is 10.5. The number of hydrogen-bond donors (Lipinski definition) is 0. The van der Waals surface area contributed by atoms with Crippen molar-refractivity contribution in [2.75, 3.05) is 14.2 Å². The molecule has 0 amide bonds. The summed E-state index contributed by atoms with van der Waals surface area (Å²) in [6.45, 7) is 4.29. The summed E-state index contributed by atoms with van der Waals surface area (Å²) in [4.78, 5) is 18.3. The molecule has 0 bridgehead atoms. The van der Waals surface area contributed by atoms with Gasteiger partial charge >= 0.3 is 0 Å². The molecule has 0 atom stereocenters. The van der Waals surface area contributed by atoms with E-state index in [1.807, 2.05) is 74.5 Å². The van der Waals surface area contributed by atoms with Crippen LogP contribution in [0.25, 0.3) is 27.4 Å². The molecular weight excluding hydrogens is 526 g/mol. The fraction of sp³-hybridized carbons (Fsp3) is 0.194. The van der Waals surface area contributed by atoms with Crippen LogP contribution >= 0.6 is 11.3 Å². The van der Waals surface area contributed by atoms with Crippen molar-refractivity contribution in [3.05, 3.63) is 94.7 Å². The molecule has 0 saturated carbocycles. The summed E-state index contributed by atoms with van der Waals surface area (Å²) < 4.78 is 24.8. The van der Waals surface area contributed by atoms with Crippen LogP contribution in [0.4, 0.5) is 0 Å². The minimum atomic E-state index is 0.104. The predicted octanol–water partition coefficient (Wildman–Crippen LogP) is 6.84. The van der Waals surface area contributed by atoms with Crippen LogP contribution < -0.4 is 14.2 Å². The molecule has 6 aromatic rings. The van der Waals surface area contributed by atoms with Crippen molar-refractivity contribution in [3.8, 4) is 28.1 Å². The van der Waals surface area contributed by atoms with Gasteiger partial charge in [0, 0.05) is 24.1 Å². The van der Waals surface area contributed by atoms with E-state index in [-0.39, 0.29) is 5.78 Å². The highest BCUT2D eigenvalue weighted by molar-refractivity contribution is 7.18. The molecule has 202 valence electrons. The second-order valence-electron chi connectivity index (χ2n) is 9.60. The number of hydrogen-bond acceptors (Lipinski definition) is 8. The summed E-state index contributed by atoms with van der Waals surface area (Å²) in [5, 5.41) is 5.68. The van der Waals surface area contributed by atoms with Crippen LogP contribution in [0.15, 0.2) is 71.3 Å². The first-order valence-electron chi connectivity index (χ1n) is 12.7. The molecule has 3 aromatic heterocycles. The van der Waals surface area contributed by atoms with Crippen molar-refractivity contribution in [3.63, 3.8) is 0 Å². The van der Waals surface area contributed by atoms with E-state index >= 15 is 0 Å². The normalized spacial score (nSPS) is 11.3. The average molecular weight is 554 g/mol. The number of fused-ring (bicyclic) bond motifs is 2. The van der Waals surface area contributed by atoms with Gasteiger partial charge in [0.1, 0.15) is 29.4 Å². The molecule has 3 aromatic carbocycles. The van der Waals surface area contributed by atoms with E-state index in [1.54, 1.807) is 24.9 Å². The fourth-order valence-electron chi connectivity index (χ4n) is 4.64.